The first-order valence-electron chi connectivity index (χ1n) is 6.68. The summed E-state index contributed by atoms with van der Waals surface area (Å²) in [5.41, 5.74) is 0.855. The van der Waals surface area contributed by atoms with E-state index >= 15 is 0 Å². The number of nitrogens with zero attached hydrogens (tertiary/aromatic N) is 2. The molecular formula is C15H18FN3O. The van der Waals surface area contributed by atoms with E-state index in [9.17, 15) is 4.39 Å². The molecule has 0 radical (unpaired) electrons. The summed E-state index contributed by atoms with van der Waals surface area (Å²) in [4.78, 5) is 8.65. The first-order chi connectivity index (χ1) is 9.62. The van der Waals surface area contributed by atoms with Crippen molar-refractivity contribution in [2.45, 2.75) is 27.2 Å². The Balaban J connectivity index is 2.32. The van der Waals surface area contributed by atoms with Crippen molar-refractivity contribution in [1.82, 2.24) is 9.97 Å². The lowest BCUT2D eigenvalue weighted by molar-refractivity contribution is 0.451. The van der Waals surface area contributed by atoms with Gasteiger partial charge in [-0.15, -0.1) is 0 Å². The van der Waals surface area contributed by atoms with Crippen LogP contribution in [0.5, 0.6) is 11.6 Å². The van der Waals surface area contributed by atoms with Crippen LogP contribution in [0.25, 0.3) is 0 Å². The molecule has 5 heteroatoms. The maximum absolute atomic E-state index is 13.3. The molecule has 0 aliphatic carbocycles. The average Bonchev–Trinajstić information content (AvgIpc) is 2.43. The Hall–Kier alpha value is -2.17. The molecule has 1 aromatic carbocycles. The molecule has 4 nitrogen and oxygen atoms in total. The van der Waals surface area contributed by atoms with Crippen LogP contribution in [0.4, 0.5) is 10.2 Å². The van der Waals surface area contributed by atoms with Gasteiger partial charge in [0, 0.05) is 25.1 Å². The highest BCUT2D eigenvalue weighted by molar-refractivity contribution is 5.41. The van der Waals surface area contributed by atoms with E-state index in [0.717, 1.165) is 12.1 Å². The van der Waals surface area contributed by atoms with Crippen molar-refractivity contribution in [3.63, 3.8) is 0 Å². The summed E-state index contributed by atoms with van der Waals surface area (Å²) in [6.07, 6.45) is 0.706. The second kappa shape index (κ2) is 6.32. The van der Waals surface area contributed by atoms with Crippen molar-refractivity contribution in [3.05, 3.63) is 41.5 Å². The van der Waals surface area contributed by atoms with Crippen molar-refractivity contribution in [2.24, 2.45) is 0 Å². The number of anilines is 1. The van der Waals surface area contributed by atoms with E-state index in [-0.39, 0.29) is 5.82 Å². The number of hydrogen-bond donors (Lipinski definition) is 1. The van der Waals surface area contributed by atoms with Gasteiger partial charge in [0.05, 0.1) is 0 Å². The summed E-state index contributed by atoms with van der Waals surface area (Å²) in [7, 11) is 0. The van der Waals surface area contributed by atoms with Crippen LogP contribution in [0.1, 0.15) is 25.2 Å². The molecule has 2 rings (SSSR count). The lowest BCUT2D eigenvalue weighted by Gasteiger charge is -2.11. The number of aromatic nitrogens is 2. The smallest absolute Gasteiger partial charge is 0.224 e. The first-order valence-corrected chi connectivity index (χ1v) is 6.68. The Bertz CT molecular complexity index is 602. The Morgan fingerprint density at radius 2 is 2.00 bits per heavy atom. The molecule has 2 aromatic rings. The number of aryl methyl sites for hydroxylation is 2. The lowest BCUT2D eigenvalue weighted by Crippen LogP contribution is -2.04. The minimum absolute atomic E-state index is 0.331. The van der Waals surface area contributed by atoms with E-state index in [2.05, 4.69) is 15.3 Å². The third kappa shape index (κ3) is 3.44. The number of rotatable bonds is 5. The van der Waals surface area contributed by atoms with E-state index in [1.807, 2.05) is 20.8 Å². The van der Waals surface area contributed by atoms with E-state index in [1.54, 1.807) is 12.1 Å². The molecule has 0 saturated carbocycles. The van der Waals surface area contributed by atoms with Gasteiger partial charge in [-0.1, -0.05) is 13.0 Å². The molecule has 1 aromatic heterocycles. The fourth-order valence-electron chi connectivity index (χ4n) is 1.75. The maximum atomic E-state index is 13.3. The van der Waals surface area contributed by atoms with Crippen molar-refractivity contribution < 1.29 is 9.13 Å². The van der Waals surface area contributed by atoms with Gasteiger partial charge in [-0.2, -0.15) is 4.98 Å². The molecule has 0 spiro atoms. The van der Waals surface area contributed by atoms with Gasteiger partial charge in [0.2, 0.25) is 5.88 Å². The zero-order valence-corrected chi connectivity index (χ0v) is 11.9. The Kier molecular flexibility index (Phi) is 4.50. The molecule has 0 unspecified atom stereocenters. The van der Waals surface area contributed by atoms with Crippen molar-refractivity contribution >= 4 is 5.82 Å². The van der Waals surface area contributed by atoms with Crippen LogP contribution in [0.3, 0.4) is 0 Å². The number of nitrogens with one attached hydrogen (secondary N) is 1. The molecule has 0 fully saturated rings. The summed E-state index contributed by atoms with van der Waals surface area (Å²) < 4.78 is 19.0. The van der Waals surface area contributed by atoms with Crippen molar-refractivity contribution in [3.8, 4) is 11.6 Å². The van der Waals surface area contributed by atoms with Crippen LogP contribution in [0.2, 0.25) is 0 Å². The fraction of sp³-hybridized carbons (Fsp3) is 0.333. The normalized spacial score (nSPS) is 10.4. The summed E-state index contributed by atoms with van der Waals surface area (Å²) in [5.74, 6) is 1.95. The molecule has 0 amide bonds. The van der Waals surface area contributed by atoms with Gasteiger partial charge in [0.1, 0.15) is 23.2 Å². The maximum Gasteiger partial charge on any atom is 0.224 e. The molecule has 0 bridgehead atoms. The fourth-order valence-corrected chi connectivity index (χ4v) is 1.75. The number of halogens is 1. The minimum atomic E-state index is -0.331. The first kappa shape index (κ1) is 14.2. The predicted octanol–water partition coefficient (Wildman–Crippen LogP) is 3.71. The van der Waals surface area contributed by atoms with Gasteiger partial charge in [-0.25, -0.2) is 9.37 Å². The van der Waals surface area contributed by atoms with Crippen LogP contribution < -0.4 is 10.1 Å². The van der Waals surface area contributed by atoms with Gasteiger partial charge in [0.25, 0.3) is 0 Å². The summed E-state index contributed by atoms with van der Waals surface area (Å²) in [6, 6.07) is 6.16. The molecule has 1 heterocycles. The Morgan fingerprint density at radius 1 is 1.20 bits per heavy atom. The standard InChI is InChI=1S/C15H18FN3O/c1-4-13-18-14(17-5-2)9-15(19-13)20-12-8-11(16)7-6-10(12)3/h6-9H,4-5H2,1-3H3,(H,17,18,19). The van der Waals surface area contributed by atoms with Crippen LogP contribution in [-0.4, -0.2) is 16.5 Å². The minimum Gasteiger partial charge on any atom is -0.438 e. The third-order valence-corrected chi connectivity index (χ3v) is 2.79. The Labute approximate surface area is 118 Å². The zero-order chi connectivity index (χ0) is 14.5. The van der Waals surface area contributed by atoms with Crippen LogP contribution >= 0.6 is 0 Å². The molecule has 1 N–H and O–H groups in total. The van der Waals surface area contributed by atoms with Crippen molar-refractivity contribution in [1.29, 1.82) is 0 Å². The second-order valence-electron chi connectivity index (χ2n) is 4.40. The summed E-state index contributed by atoms with van der Waals surface area (Å²) >= 11 is 0. The van der Waals surface area contributed by atoms with Gasteiger partial charge in [-0.3, -0.25) is 0 Å². The second-order valence-corrected chi connectivity index (χ2v) is 4.40. The average molecular weight is 275 g/mol. The van der Waals surface area contributed by atoms with Gasteiger partial charge >= 0.3 is 0 Å². The topological polar surface area (TPSA) is 47.0 Å². The summed E-state index contributed by atoms with van der Waals surface area (Å²) in [6.45, 7) is 6.59. The third-order valence-electron chi connectivity index (χ3n) is 2.79. The Morgan fingerprint density at radius 3 is 2.70 bits per heavy atom. The highest BCUT2D eigenvalue weighted by atomic mass is 19.1. The number of ether oxygens (including phenoxy) is 1. The SMILES string of the molecule is CCNc1cc(Oc2cc(F)ccc2C)nc(CC)n1. The molecular weight excluding hydrogens is 257 g/mol. The molecule has 106 valence electrons. The number of hydrogen-bond acceptors (Lipinski definition) is 4. The van der Waals surface area contributed by atoms with Crippen LogP contribution in [0.15, 0.2) is 24.3 Å². The predicted molar refractivity (Wildman–Crippen MR) is 76.8 cm³/mol. The van der Waals surface area contributed by atoms with E-state index < -0.39 is 0 Å². The number of benzene rings is 1. The molecule has 20 heavy (non-hydrogen) atoms. The molecule has 0 aliphatic heterocycles. The van der Waals surface area contributed by atoms with Gasteiger partial charge < -0.3 is 10.1 Å². The highest BCUT2D eigenvalue weighted by Crippen LogP contribution is 2.25. The molecule has 0 saturated heterocycles. The molecule has 0 aliphatic rings. The van der Waals surface area contributed by atoms with Gasteiger partial charge in [0.15, 0.2) is 0 Å². The quantitative estimate of drug-likeness (QED) is 0.903. The van der Waals surface area contributed by atoms with Crippen LogP contribution in [0, 0.1) is 12.7 Å². The van der Waals surface area contributed by atoms with Crippen molar-refractivity contribution in [2.75, 3.05) is 11.9 Å². The lowest BCUT2D eigenvalue weighted by atomic mass is 10.2. The van der Waals surface area contributed by atoms with E-state index in [4.69, 9.17) is 4.74 Å². The van der Waals surface area contributed by atoms with E-state index in [1.165, 1.54) is 12.1 Å². The zero-order valence-electron chi connectivity index (χ0n) is 11.9. The van der Waals surface area contributed by atoms with E-state index in [0.29, 0.717) is 29.7 Å². The molecule has 0 atom stereocenters. The largest absolute Gasteiger partial charge is 0.438 e. The highest BCUT2D eigenvalue weighted by Gasteiger charge is 2.08. The van der Waals surface area contributed by atoms with Gasteiger partial charge in [-0.05, 0) is 25.5 Å². The van der Waals surface area contributed by atoms with Crippen LogP contribution in [-0.2, 0) is 6.42 Å². The monoisotopic (exact) mass is 275 g/mol. The summed E-state index contributed by atoms with van der Waals surface area (Å²) in [5, 5.41) is 3.13.